The molecule has 21 heavy (non-hydrogen) atoms. The van der Waals surface area contributed by atoms with Gasteiger partial charge in [-0.2, -0.15) is 0 Å². The summed E-state index contributed by atoms with van der Waals surface area (Å²) in [5.41, 5.74) is 7.27. The molecule has 0 heterocycles. The van der Waals surface area contributed by atoms with Crippen molar-refractivity contribution in [1.29, 1.82) is 0 Å². The minimum atomic E-state index is 0.228. The van der Waals surface area contributed by atoms with Gasteiger partial charge < -0.3 is 5.32 Å². The molecule has 2 aromatic carbocycles. The summed E-state index contributed by atoms with van der Waals surface area (Å²) in [6.07, 6.45) is 3.81. The molecule has 1 heteroatoms. The standard InChI is InChI=1S/C20H25N/c1-20(2,3)18-10-7-15(8-11-18)14-21-19-12-9-16-5-4-6-17(16)13-19/h7-13,21H,4-6,14H2,1-3H3. The van der Waals surface area contributed by atoms with E-state index in [4.69, 9.17) is 0 Å². The summed E-state index contributed by atoms with van der Waals surface area (Å²) in [6, 6.07) is 15.8. The van der Waals surface area contributed by atoms with E-state index in [2.05, 4.69) is 68.6 Å². The SMILES string of the molecule is CC(C)(C)c1ccc(CNc2ccc3c(c2)CCC3)cc1. The molecule has 0 radical (unpaired) electrons. The van der Waals surface area contributed by atoms with Crippen LogP contribution in [0, 0.1) is 0 Å². The summed E-state index contributed by atoms with van der Waals surface area (Å²) in [5, 5.41) is 3.55. The minimum absolute atomic E-state index is 0.228. The van der Waals surface area contributed by atoms with Crippen molar-refractivity contribution in [2.45, 2.75) is 52.0 Å². The van der Waals surface area contributed by atoms with E-state index in [9.17, 15) is 0 Å². The van der Waals surface area contributed by atoms with Gasteiger partial charge in [0.2, 0.25) is 0 Å². The van der Waals surface area contributed by atoms with Crippen molar-refractivity contribution in [3.05, 3.63) is 64.7 Å². The quantitative estimate of drug-likeness (QED) is 0.825. The van der Waals surface area contributed by atoms with Crippen molar-refractivity contribution in [3.8, 4) is 0 Å². The van der Waals surface area contributed by atoms with Crippen LogP contribution in [-0.4, -0.2) is 0 Å². The zero-order valence-corrected chi connectivity index (χ0v) is 13.4. The first kappa shape index (κ1) is 14.2. The van der Waals surface area contributed by atoms with Gasteiger partial charge in [0.05, 0.1) is 0 Å². The lowest BCUT2D eigenvalue weighted by atomic mass is 9.87. The molecule has 0 amide bonds. The Morgan fingerprint density at radius 1 is 0.905 bits per heavy atom. The molecular formula is C20H25N. The number of nitrogens with one attached hydrogen (secondary N) is 1. The molecule has 0 saturated heterocycles. The van der Waals surface area contributed by atoms with Gasteiger partial charge in [0.25, 0.3) is 0 Å². The lowest BCUT2D eigenvalue weighted by Gasteiger charge is -2.19. The van der Waals surface area contributed by atoms with Crippen LogP contribution in [0.15, 0.2) is 42.5 Å². The van der Waals surface area contributed by atoms with Crippen LogP contribution in [0.3, 0.4) is 0 Å². The molecule has 0 spiro atoms. The second-order valence-electron chi connectivity index (χ2n) is 7.14. The van der Waals surface area contributed by atoms with Crippen LogP contribution < -0.4 is 5.32 Å². The van der Waals surface area contributed by atoms with Crippen LogP contribution in [0.5, 0.6) is 0 Å². The molecule has 0 saturated carbocycles. The minimum Gasteiger partial charge on any atom is -0.381 e. The maximum absolute atomic E-state index is 3.55. The Morgan fingerprint density at radius 2 is 1.62 bits per heavy atom. The van der Waals surface area contributed by atoms with Crippen molar-refractivity contribution in [2.75, 3.05) is 5.32 Å². The highest BCUT2D eigenvalue weighted by Gasteiger charge is 2.13. The van der Waals surface area contributed by atoms with Crippen LogP contribution in [0.25, 0.3) is 0 Å². The number of rotatable bonds is 3. The number of hydrogen-bond donors (Lipinski definition) is 1. The van der Waals surface area contributed by atoms with Crippen LogP contribution in [0.2, 0.25) is 0 Å². The third kappa shape index (κ3) is 3.29. The molecule has 110 valence electrons. The average Bonchev–Trinajstić information content (AvgIpc) is 2.92. The van der Waals surface area contributed by atoms with E-state index >= 15 is 0 Å². The number of benzene rings is 2. The summed E-state index contributed by atoms with van der Waals surface area (Å²) < 4.78 is 0. The predicted octanol–water partition coefficient (Wildman–Crippen LogP) is 5.08. The average molecular weight is 279 g/mol. The second-order valence-corrected chi connectivity index (χ2v) is 7.14. The Labute approximate surface area is 128 Å². The molecule has 0 bridgehead atoms. The largest absolute Gasteiger partial charge is 0.381 e. The van der Waals surface area contributed by atoms with E-state index in [0.717, 1.165) is 6.54 Å². The molecule has 0 atom stereocenters. The highest BCUT2D eigenvalue weighted by atomic mass is 14.9. The van der Waals surface area contributed by atoms with Crippen LogP contribution in [0.4, 0.5) is 5.69 Å². The summed E-state index contributed by atoms with van der Waals surface area (Å²) in [5.74, 6) is 0. The normalized spacial score (nSPS) is 14.0. The Hall–Kier alpha value is -1.76. The maximum Gasteiger partial charge on any atom is 0.0400 e. The molecule has 1 nitrogen and oxygen atoms in total. The number of anilines is 1. The summed E-state index contributed by atoms with van der Waals surface area (Å²) in [7, 11) is 0. The summed E-state index contributed by atoms with van der Waals surface area (Å²) in [6.45, 7) is 7.66. The number of fused-ring (bicyclic) bond motifs is 1. The molecule has 0 aromatic heterocycles. The molecule has 1 aliphatic rings. The first-order valence-corrected chi connectivity index (χ1v) is 7.97. The fraction of sp³-hybridized carbons (Fsp3) is 0.400. The lowest BCUT2D eigenvalue weighted by molar-refractivity contribution is 0.590. The lowest BCUT2D eigenvalue weighted by Crippen LogP contribution is -2.11. The molecule has 2 aromatic rings. The molecule has 0 aliphatic heterocycles. The highest BCUT2D eigenvalue weighted by Crippen LogP contribution is 2.25. The fourth-order valence-corrected chi connectivity index (χ4v) is 3.01. The van der Waals surface area contributed by atoms with Gasteiger partial charge in [-0.3, -0.25) is 0 Å². The molecule has 1 N–H and O–H groups in total. The van der Waals surface area contributed by atoms with Gasteiger partial charge in [-0.05, 0) is 59.1 Å². The van der Waals surface area contributed by atoms with Gasteiger partial charge in [-0.25, -0.2) is 0 Å². The van der Waals surface area contributed by atoms with Crippen LogP contribution >= 0.6 is 0 Å². The fourth-order valence-electron chi connectivity index (χ4n) is 3.01. The monoisotopic (exact) mass is 279 g/mol. The zero-order chi connectivity index (χ0) is 14.9. The van der Waals surface area contributed by atoms with Crippen molar-refractivity contribution < 1.29 is 0 Å². The summed E-state index contributed by atoms with van der Waals surface area (Å²) in [4.78, 5) is 0. The van der Waals surface area contributed by atoms with Crippen molar-refractivity contribution in [3.63, 3.8) is 0 Å². The highest BCUT2D eigenvalue weighted by molar-refractivity contribution is 5.50. The topological polar surface area (TPSA) is 12.0 Å². The molecule has 3 rings (SSSR count). The van der Waals surface area contributed by atoms with E-state index < -0.39 is 0 Å². The molecule has 1 aliphatic carbocycles. The maximum atomic E-state index is 3.55. The van der Waals surface area contributed by atoms with E-state index in [-0.39, 0.29) is 5.41 Å². The number of aryl methyl sites for hydroxylation is 2. The van der Waals surface area contributed by atoms with Crippen molar-refractivity contribution >= 4 is 5.69 Å². The first-order valence-electron chi connectivity index (χ1n) is 7.97. The zero-order valence-electron chi connectivity index (χ0n) is 13.4. The smallest absolute Gasteiger partial charge is 0.0400 e. The Kier molecular flexibility index (Phi) is 3.75. The Balaban J connectivity index is 1.65. The Bertz CT molecular complexity index is 617. The van der Waals surface area contributed by atoms with Gasteiger partial charge in [0.15, 0.2) is 0 Å². The van der Waals surface area contributed by atoms with Crippen LogP contribution in [0.1, 0.15) is 49.4 Å². The molecule has 0 unspecified atom stereocenters. The van der Waals surface area contributed by atoms with Gasteiger partial charge in [-0.15, -0.1) is 0 Å². The van der Waals surface area contributed by atoms with E-state index in [1.807, 2.05) is 0 Å². The van der Waals surface area contributed by atoms with Crippen LogP contribution in [-0.2, 0) is 24.8 Å². The third-order valence-electron chi connectivity index (χ3n) is 4.42. The first-order chi connectivity index (χ1) is 10.0. The van der Waals surface area contributed by atoms with Gasteiger partial charge >= 0.3 is 0 Å². The van der Waals surface area contributed by atoms with Gasteiger partial charge in [0.1, 0.15) is 0 Å². The van der Waals surface area contributed by atoms with Gasteiger partial charge in [-0.1, -0.05) is 51.1 Å². The van der Waals surface area contributed by atoms with Crippen molar-refractivity contribution in [1.82, 2.24) is 0 Å². The predicted molar refractivity (Wildman–Crippen MR) is 90.9 cm³/mol. The van der Waals surface area contributed by atoms with E-state index in [1.165, 1.54) is 47.2 Å². The third-order valence-corrected chi connectivity index (χ3v) is 4.42. The number of hydrogen-bond acceptors (Lipinski definition) is 1. The van der Waals surface area contributed by atoms with Gasteiger partial charge in [0, 0.05) is 12.2 Å². The summed E-state index contributed by atoms with van der Waals surface area (Å²) >= 11 is 0. The second kappa shape index (κ2) is 5.55. The Morgan fingerprint density at radius 3 is 2.33 bits per heavy atom. The van der Waals surface area contributed by atoms with E-state index in [0.29, 0.717) is 0 Å². The van der Waals surface area contributed by atoms with Crippen molar-refractivity contribution in [2.24, 2.45) is 0 Å². The molecular weight excluding hydrogens is 254 g/mol. The van der Waals surface area contributed by atoms with E-state index in [1.54, 1.807) is 0 Å². The molecule has 0 fully saturated rings.